The van der Waals surface area contributed by atoms with Gasteiger partial charge < -0.3 is 9.32 Å². The number of amides is 1. The number of sulfone groups is 1. The molecule has 0 N–H and O–H groups in total. The lowest BCUT2D eigenvalue weighted by molar-refractivity contribution is -0.121. The van der Waals surface area contributed by atoms with Crippen molar-refractivity contribution in [3.05, 3.63) is 40.6 Å². The summed E-state index contributed by atoms with van der Waals surface area (Å²) in [4.78, 5) is 20.5. The Morgan fingerprint density at radius 1 is 1.23 bits per heavy atom. The fourth-order valence-electron chi connectivity index (χ4n) is 3.45. The molecule has 164 valence electrons. The van der Waals surface area contributed by atoms with Gasteiger partial charge in [0.2, 0.25) is 26.6 Å². The van der Waals surface area contributed by atoms with Crippen molar-refractivity contribution in [1.29, 1.82) is 0 Å². The van der Waals surface area contributed by atoms with Gasteiger partial charge in [0.15, 0.2) is 0 Å². The van der Waals surface area contributed by atoms with Crippen molar-refractivity contribution < 1.29 is 17.6 Å². The van der Waals surface area contributed by atoms with Gasteiger partial charge in [-0.25, -0.2) is 8.42 Å². The number of thiocarbonyl (C=S) groups is 1. The second kappa shape index (κ2) is 8.40. The maximum atomic E-state index is 13.4. The molecule has 2 aromatic rings. The zero-order valence-corrected chi connectivity index (χ0v) is 19.9. The molecule has 0 radical (unpaired) electrons. The van der Waals surface area contributed by atoms with Gasteiger partial charge in [0.1, 0.15) is 4.32 Å². The molecule has 4 rings (SSSR count). The molecule has 1 aromatic heterocycles. The highest BCUT2D eigenvalue weighted by atomic mass is 32.2. The lowest BCUT2D eigenvalue weighted by Crippen LogP contribution is -2.33. The molecule has 0 atom stereocenters. The molecule has 31 heavy (non-hydrogen) atoms. The monoisotopic (exact) mass is 477 g/mol. The summed E-state index contributed by atoms with van der Waals surface area (Å²) in [6.45, 7) is 5.45. The second-order valence-electron chi connectivity index (χ2n) is 7.89. The SMILES string of the molecule is Cc1ccc(S(=O)(=O)c2nc(C=C3SC(=S)N(C)C3=O)oc2N2CCC(C)CC2)cc1. The van der Waals surface area contributed by atoms with E-state index in [0.717, 1.165) is 30.2 Å². The van der Waals surface area contributed by atoms with Crippen molar-refractivity contribution in [3.8, 4) is 0 Å². The van der Waals surface area contributed by atoms with Gasteiger partial charge in [0.05, 0.1) is 9.80 Å². The summed E-state index contributed by atoms with van der Waals surface area (Å²) in [5.41, 5.74) is 0.964. The topological polar surface area (TPSA) is 83.7 Å². The Kier molecular flexibility index (Phi) is 5.97. The number of aromatic nitrogens is 1. The lowest BCUT2D eigenvalue weighted by atomic mass is 9.99. The standard InChI is InChI=1S/C21H23N3O4S3/c1-13-4-6-15(7-5-13)31(26,27)18-20(24-10-8-14(2)9-11-24)28-17(22-18)12-16-19(25)23(3)21(29)30-16/h4-7,12,14H,8-11H2,1-3H3. The molecular weight excluding hydrogens is 454 g/mol. The average Bonchev–Trinajstić information content (AvgIpc) is 3.27. The van der Waals surface area contributed by atoms with Crippen LogP contribution in [0.2, 0.25) is 0 Å². The van der Waals surface area contributed by atoms with Crippen LogP contribution < -0.4 is 4.90 Å². The van der Waals surface area contributed by atoms with Crippen LogP contribution in [0.3, 0.4) is 0 Å². The van der Waals surface area contributed by atoms with Crippen molar-refractivity contribution in [2.75, 3.05) is 25.0 Å². The molecule has 0 saturated carbocycles. The van der Waals surface area contributed by atoms with E-state index in [1.54, 1.807) is 31.3 Å². The highest BCUT2D eigenvalue weighted by Gasteiger charge is 2.34. The van der Waals surface area contributed by atoms with E-state index in [-0.39, 0.29) is 27.6 Å². The summed E-state index contributed by atoms with van der Waals surface area (Å²) in [5.74, 6) is 0.616. The number of anilines is 1. The van der Waals surface area contributed by atoms with Crippen molar-refractivity contribution in [3.63, 3.8) is 0 Å². The molecular formula is C21H23N3O4S3. The van der Waals surface area contributed by atoms with E-state index < -0.39 is 9.84 Å². The maximum absolute atomic E-state index is 13.4. The molecule has 10 heteroatoms. The molecule has 2 fully saturated rings. The highest BCUT2D eigenvalue weighted by Crippen LogP contribution is 2.36. The fourth-order valence-corrected chi connectivity index (χ4v) is 5.92. The van der Waals surface area contributed by atoms with Gasteiger partial charge in [-0.05, 0) is 37.8 Å². The fraction of sp³-hybridized carbons (Fsp3) is 0.381. The summed E-state index contributed by atoms with van der Waals surface area (Å²) in [6, 6.07) is 6.65. The molecule has 0 bridgehead atoms. The largest absolute Gasteiger partial charge is 0.420 e. The van der Waals surface area contributed by atoms with Gasteiger partial charge in [-0.3, -0.25) is 9.69 Å². The van der Waals surface area contributed by atoms with Gasteiger partial charge in [0.25, 0.3) is 5.91 Å². The van der Waals surface area contributed by atoms with Crippen molar-refractivity contribution in [2.24, 2.45) is 5.92 Å². The van der Waals surface area contributed by atoms with Gasteiger partial charge in [0, 0.05) is 26.2 Å². The number of carbonyl (C=O) groups excluding carboxylic acids is 1. The van der Waals surface area contributed by atoms with Gasteiger partial charge in [-0.15, -0.1) is 0 Å². The quantitative estimate of drug-likeness (QED) is 0.485. The first-order chi connectivity index (χ1) is 14.7. The van der Waals surface area contributed by atoms with Gasteiger partial charge in [-0.1, -0.05) is 48.6 Å². The third kappa shape index (κ3) is 4.28. The Hall–Kier alpha value is -2.17. The number of nitrogens with zero attached hydrogens (tertiary/aromatic N) is 3. The maximum Gasteiger partial charge on any atom is 0.266 e. The van der Waals surface area contributed by atoms with Crippen molar-refractivity contribution in [1.82, 2.24) is 9.88 Å². The number of hydrogen-bond donors (Lipinski definition) is 0. The van der Waals surface area contributed by atoms with Gasteiger partial charge >= 0.3 is 0 Å². The summed E-state index contributed by atoms with van der Waals surface area (Å²) >= 11 is 6.30. The minimum absolute atomic E-state index is 0.0771. The van der Waals surface area contributed by atoms with Crippen LogP contribution in [0.5, 0.6) is 0 Å². The number of piperidine rings is 1. The van der Waals surface area contributed by atoms with Crippen LogP contribution in [0.1, 0.15) is 31.2 Å². The van der Waals surface area contributed by atoms with E-state index in [2.05, 4.69) is 11.9 Å². The number of aryl methyl sites for hydroxylation is 1. The minimum atomic E-state index is -3.90. The van der Waals surface area contributed by atoms with E-state index in [1.165, 1.54) is 11.0 Å². The Labute approximate surface area is 191 Å². The van der Waals surface area contributed by atoms with E-state index in [4.69, 9.17) is 16.6 Å². The average molecular weight is 478 g/mol. The summed E-state index contributed by atoms with van der Waals surface area (Å²) in [5, 5.41) is -0.121. The second-order valence-corrected chi connectivity index (χ2v) is 11.4. The van der Waals surface area contributed by atoms with Crippen LogP contribution in [0.25, 0.3) is 6.08 Å². The molecule has 0 aliphatic carbocycles. The Morgan fingerprint density at radius 2 is 1.87 bits per heavy atom. The van der Waals surface area contributed by atoms with E-state index in [0.29, 0.717) is 28.2 Å². The molecule has 1 amide bonds. The van der Waals surface area contributed by atoms with E-state index in [1.807, 2.05) is 11.8 Å². The first-order valence-corrected chi connectivity index (χ1v) is 12.7. The number of benzene rings is 1. The van der Waals surface area contributed by atoms with Crippen LogP contribution >= 0.6 is 24.0 Å². The van der Waals surface area contributed by atoms with Crippen LogP contribution in [0.15, 0.2) is 43.5 Å². The third-order valence-electron chi connectivity index (χ3n) is 5.49. The summed E-state index contributed by atoms with van der Waals surface area (Å²) in [7, 11) is -2.30. The van der Waals surface area contributed by atoms with Crippen LogP contribution in [-0.4, -0.2) is 48.7 Å². The molecule has 0 spiro atoms. The molecule has 3 heterocycles. The molecule has 2 aliphatic rings. The first kappa shape index (κ1) is 22.0. The van der Waals surface area contributed by atoms with Crippen molar-refractivity contribution in [2.45, 2.75) is 36.6 Å². The molecule has 1 aromatic carbocycles. The molecule has 7 nitrogen and oxygen atoms in total. The third-order valence-corrected chi connectivity index (χ3v) is 8.65. The Bertz CT molecular complexity index is 1160. The number of oxazole rings is 1. The highest BCUT2D eigenvalue weighted by molar-refractivity contribution is 8.26. The van der Waals surface area contributed by atoms with Crippen LogP contribution in [-0.2, 0) is 14.6 Å². The van der Waals surface area contributed by atoms with Crippen LogP contribution in [0.4, 0.5) is 5.88 Å². The number of thioether (sulfide) groups is 1. The predicted molar refractivity (Wildman–Crippen MR) is 125 cm³/mol. The normalized spacial score (nSPS) is 19.6. The lowest BCUT2D eigenvalue weighted by Gasteiger charge is -2.30. The Balaban J connectivity index is 1.79. The summed E-state index contributed by atoms with van der Waals surface area (Å²) in [6.07, 6.45) is 3.34. The first-order valence-electron chi connectivity index (χ1n) is 9.96. The summed E-state index contributed by atoms with van der Waals surface area (Å²) < 4.78 is 33.2. The molecule has 2 saturated heterocycles. The smallest absolute Gasteiger partial charge is 0.266 e. The number of rotatable bonds is 4. The van der Waals surface area contributed by atoms with Crippen molar-refractivity contribution >= 4 is 56.0 Å². The zero-order chi connectivity index (χ0) is 22.3. The Morgan fingerprint density at radius 3 is 2.45 bits per heavy atom. The minimum Gasteiger partial charge on any atom is -0.420 e. The molecule has 2 aliphatic heterocycles. The zero-order valence-electron chi connectivity index (χ0n) is 17.5. The van der Waals surface area contributed by atoms with Crippen LogP contribution in [0, 0.1) is 12.8 Å². The van der Waals surface area contributed by atoms with Gasteiger partial charge in [-0.2, -0.15) is 4.98 Å². The number of hydrogen-bond acceptors (Lipinski definition) is 8. The number of likely N-dealkylation sites (N-methyl/N-ethyl adjacent to an activating group) is 1. The van der Waals surface area contributed by atoms with E-state index >= 15 is 0 Å². The molecule has 0 unspecified atom stereocenters. The number of carbonyl (C=O) groups is 1. The van der Waals surface area contributed by atoms with E-state index in [9.17, 15) is 13.2 Å². The predicted octanol–water partition coefficient (Wildman–Crippen LogP) is 3.88.